The highest BCUT2D eigenvalue weighted by atomic mass is 79.9. The topological polar surface area (TPSA) is 26.3 Å². The fourth-order valence-corrected chi connectivity index (χ4v) is 2.93. The Morgan fingerprint density at radius 3 is 2.68 bits per heavy atom. The Bertz CT molecular complexity index is 595. The molecule has 2 aromatic carbocycles. The van der Waals surface area contributed by atoms with Crippen molar-refractivity contribution in [1.82, 2.24) is 0 Å². The lowest BCUT2D eigenvalue weighted by Gasteiger charge is -2.30. The van der Waals surface area contributed by atoms with Crippen LogP contribution in [0.5, 0.6) is 5.75 Å². The van der Waals surface area contributed by atoms with Crippen LogP contribution < -0.4 is 4.74 Å². The van der Waals surface area contributed by atoms with E-state index in [1.54, 1.807) is 0 Å². The van der Waals surface area contributed by atoms with Gasteiger partial charge in [-0.2, -0.15) is 0 Å². The van der Waals surface area contributed by atoms with Crippen molar-refractivity contribution in [3.63, 3.8) is 0 Å². The molecule has 1 aliphatic rings. The molecule has 0 saturated heterocycles. The van der Waals surface area contributed by atoms with Crippen molar-refractivity contribution in [2.45, 2.75) is 18.4 Å². The summed E-state index contributed by atoms with van der Waals surface area (Å²) in [6.45, 7) is 0. The zero-order chi connectivity index (χ0) is 13.2. The van der Waals surface area contributed by atoms with Crippen molar-refractivity contribution in [3.05, 3.63) is 64.1 Å². The van der Waals surface area contributed by atoms with E-state index in [4.69, 9.17) is 4.74 Å². The van der Waals surface area contributed by atoms with E-state index in [2.05, 4.69) is 34.1 Å². The van der Waals surface area contributed by atoms with Gasteiger partial charge in [-0.05, 0) is 23.8 Å². The maximum atomic E-state index is 11.1. The molecular formula is C16H13BrO2. The van der Waals surface area contributed by atoms with E-state index in [1.807, 2.05) is 30.3 Å². The summed E-state index contributed by atoms with van der Waals surface area (Å²) in [5.74, 6) is 1.01. The molecule has 2 aromatic rings. The number of aldehydes is 1. The molecule has 0 spiro atoms. The lowest BCUT2D eigenvalue weighted by atomic mass is 9.84. The molecule has 3 heteroatoms. The van der Waals surface area contributed by atoms with Crippen LogP contribution in [0.1, 0.15) is 23.5 Å². The molecule has 1 heterocycles. The SMILES string of the molecule is O=CC1CC(c2ccccc2)c2cc(Br)ccc2O1. The standard InChI is InChI=1S/C16H13BrO2/c17-12-6-7-16-15(8-12)14(9-13(10-18)19-16)11-4-2-1-3-5-11/h1-8,10,13-14H,9H2. The fraction of sp³-hybridized carbons (Fsp3) is 0.188. The van der Waals surface area contributed by atoms with Gasteiger partial charge in [-0.3, -0.25) is 4.79 Å². The van der Waals surface area contributed by atoms with E-state index in [-0.39, 0.29) is 12.0 Å². The number of hydrogen-bond donors (Lipinski definition) is 0. The van der Waals surface area contributed by atoms with Crippen LogP contribution in [0.2, 0.25) is 0 Å². The summed E-state index contributed by atoms with van der Waals surface area (Å²) < 4.78 is 6.73. The van der Waals surface area contributed by atoms with Gasteiger partial charge in [0.25, 0.3) is 0 Å². The molecular weight excluding hydrogens is 304 g/mol. The lowest BCUT2D eigenvalue weighted by Crippen LogP contribution is -2.27. The first-order valence-corrected chi connectivity index (χ1v) is 7.03. The average Bonchev–Trinajstić information content (AvgIpc) is 2.47. The van der Waals surface area contributed by atoms with Gasteiger partial charge in [0.15, 0.2) is 12.4 Å². The van der Waals surface area contributed by atoms with Crippen LogP contribution in [-0.2, 0) is 4.79 Å². The molecule has 0 fully saturated rings. The third-order valence-electron chi connectivity index (χ3n) is 3.45. The van der Waals surface area contributed by atoms with Crippen molar-refractivity contribution in [3.8, 4) is 5.75 Å². The second-order valence-corrected chi connectivity index (χ2v) is 5.59. The molecule has 2 unspecified atom stereocenters. The summed E-state index contributed by atoms with van der Waals surface area (Å²) in [7, 11) is 0. The number of carbonyl (C=O) groups is 1. The summed E-state index contributed by atoms with van der Waals surface area (Å²) in [5.41, 5.74) is 2.36. The molecule has 0 saturated carbocycles. The Labute approximate surface area is 120 Å². The zero-order valence-corrected chi connectivity index (χ0v) is 11.8. The average molecular weight is 317 g/mol. The fourth-order valence-electron chi connectivity index (χ4n) is 2.55. The second-order valence-electron chi connectivity index (χ2n) is 4.67. The van der Waals surface area contributed by atoms with E-state index < -0.39 is 0 Å². The maximum absolute atomic E-state index is 11.1. The number of benzene rings is 2. The maximum Gasteiger partial charge on any atom is 0.160 e. The van der Waals surface area contributed by atoms with Crippen LogP contribution in [0.15, 0.2) is 53.0 Å². The molecule has 19 heavy (non-hydrogen) atoms. The highest BCUT2D eigenvalue weighted by molar-refractivity contribution is 9.10. The Balaban J connectivity index is 2.09. The number of halogens is 1. The summed E-state index contributed by atoms with van der Waals surface area (Å²) in [6, 6.07) is 16.2. The predicted molar refractivity (Wildman–Crippen MR) is 77.5 cm³/mol. The van der Waals surface area contributed by atoms with E-state index >= 15 is 0 Å². The van der Waals surface area contributed by atoms with Crippen molar-refractivity contribution in [1.29, 1.82) is 0 Å². The van der Waals surface area contributed by atoms with Gasteiger partial charge in [0, 0.05) is 22.4 Å². The molecule has 1 aliphatic heterocycles. The Morgan fingerprint density at radius 1 is 1.16 bits per heavy atom. The van der Waals surface area contributed by atoms with Crippen molar-refractivity contribution >= 4 is 22.2 Å². The van der Waals surface area contributed by atoms with E-state index in [0.717, 1.165) is 22.1 Å². The highest BCUT2D eigenvalue weighted by Crippen LogP contribution is 2.41. The van der Waals surface area contributed by atoms with E-state index in [1.165, 1.54) is 5.56 Å². The minimum absolute atomic E-state index is 0.206. The summed E-state index contributed by atoms with van der Waals surface area (Å²) >= 11 is 3.50. The molecule has 0 bridgehead atoms. The van der Waals surface area contributed by atoms with Gasteiger partial charge in [0.2, 0.25) is 0 Å². The molecule has 2 atom stereocenters. The van der Waals surface area contributed by atoms with Crippen LogP contribution in [0, 0.1) is 0 Å². The number of fused-ring (bicyclic) bond motifs is 1. The quantitative estimate of drug-likeness (QED) is 0.785. The Hall–Kier alpha value is -1.61. The molecule has 0 aliphatic carbocycles. The smallest absolute Gasteiger partial charge is 0.160 e. The van der Waals surface area contributed by atoms with Crippen molar-refractivity contribution in [2.24, 2.45) is 0 Å². The number of rotatable bonds is 2. The molecule has 0 aromatic heterocycles. The number of hydrogen-bond acceptors (Lipinski definition) is 2. The monoisotopic (exact) mass is 316 g/mol. The number of ether oxygens (including phenoxy) is 1. The Morgan fingerprint density at radius 2 is 1.95 bits per heavy atom. The van der Waals surface area contributed by atoms with Gasteiger partial charge in [-0.25, -0.2) is 0 Å². The summed E-state index contributed by atoms with van der Waals surface area (Å²) in [5, 5.41) is 0. The zero-order valence-electron chi connectivity index (χ0n) is 10.3. The van der Waals surface area contributed by atoms with Gasteiger partial charge >= 0.3 is 0 Å². The molecule has 96 valence electrons. The second kappa shape index (κ2) is 5.17. The Kier molecular flexibility index (Phi) is 3.38. The summed E-state index contributed by atoms with van der Waals surface area (Å²) in [4.78, 5) is 11.1. The van der Waals surface area contributed by atoms with Crippen LogP contribution in [0.3, 0.4) is 0 Å². The van der Waals surface area contributed by atoms with E-state index in [0.29, 0.717) is 6.42 Å². The normalized spacial score (nSPS) is 21.3. The first-order chi connectivity index (χ1) is 9.28. The van der Waals surface area contributed by atoms with Crippen LogP contribution in [0.4, 0.5) is 0 Å². The molecule has 0 N–H and O–H groups in total. The lowest BCUT2D eigenvalue weighted by molar-refractivity contribution is -0.114. The molecule has 3 rings (SSSR count). The third-order valence-corrected chi connectivity index (χ3v) is 3.94. The van der Waals surface area contributed by atoms with Crippen molar-refractivity contribution < 1.29 is 9.53 Å². The van der Waals surface area contributed by atoms with Gasteiger partial charge in [-0.15, -0.1) is 0 Å². The van der Waals surface area contributed by atoms with Crippen LogP contribution >= 0.6 is 15.9 Å². The minimum Gasteiger partial charge on any atom is -0.483 e. The predicted octanol–water partition coefficient (Wildman–Crippen LogP) is 3.93. The molecule has 0 amide bonds. The first kappa shape index (κ1) is 12.4. The van der Waals surface area contributed by atoms with Crippen molar-refractivity contribution in [2.75, 3.05) is 0 Å². The largest absolute Gasteiger partial charge is 0.483 e. The molecule has 2 nitrogen and oxygen atoms in total. The third kappa shape index (κ3) is 2.43. The van der Waals surface area contributed by atoms with Gasteiger partial charge in [0.05, 0.1) is 0 Å². The molecule has 0 radical (unpaired) electrons. The van der Waals surface area contributed by atoms with E-state index in [9.17, 15) is 4.79 Å². The number of carbonyl (C=O) groups excluding carboxylic acids is 1. The summed E-state index contributed by atoms with van der Waals surface area (Å²) in [6.07, 6.45) is 1.22. The minimum atomic E-state index is -0.362. The van der Waals surface area contributed by atoms with Gasteiger partial charge in [0.1, 0.15) is 5.75 Å². The first-order valence-electron chi connectivity index (χ1n) is 6.24. The van der Waals surface area contributed by atoms with Crippen LogP contribution in [-0.4, -0.2) is 12.4 Å². The van der Waals surface area contributed by atoms with Gasteiger partial charge < -0.3 is 4.74 Å². The van der Waals surface area contributed by atoms with Crippen LogP contribution in [0.25, 0.3) is 0 Å². The van der Waals surface area contributed by atoms with Gasteiger partial charge in [-0.1, -0.05) is 46.3 Å². The highest BCUT2D eigenvalue weighted by Gasteiger charge is 2.29.